The first-order valence-electron chi connectivity index (χ1n) is 11.8. The van der Waals surface area contributed by atoms with Crippen molar-refractivity contribution in [1.82, 2.24) is 19.8 Å². The fourth-order valence-corrected chi connectivity index (χ4v) is 4.74. The van der Waals surface area contributed by atoms with Crippen molar-refractivity contribution in [2.24, 2.45) is 0 Å². The molecule has 0 aliphatic carbocycles. The summed E-state index contributed by atoms with van der Waals surface area (Å²) < 4.78 is 0. The lowest BCUT2D eigenvalue weighted by molar-refractivity contribution is -0.130. The summed E-state index contributed by atoms with van der Waals surface area (Å²) in [5.74, 6) is 1.57. The second-order valence-corrected chi connectivity index (χ2v) is 9.53. The summed E-state index contributed by atoms with van der Waals surface area (Å²) in [6.45, 7) is 9.15. The van der Waals surface area contributed by atoms with Crippen molar-refractivity contribution in [3.8, 4) is 11.3 Å². The molecule has 2 aromatic carbocycles. The van der Waals surface area contributed by atoms with Crippen molar-refractivity contribution in [3.05, 3.63) is 72.9 Å². The Morgan fingerprint density at radius 2 is 1.71 bits per heavy atom. The molecule has 2 N–H and O–H groups in total. The van der Waals surface area contributed by atoms with Crippen molar-refractivity contribution >= 4 is 35.0 Å². The van der Waals surface area contributed by atoms with Gasteiger partial charge in [-0.25, -0.2) is 9.97 Å². The van der Waals surface area contributed by atoms with Crippen LogP contribution in [0.1, 0.15) is 18.9 Å². The van der Waals surface area contributed by atoms with E-state index in [1.807, 2.05) is 35.2 Å². The number of benzene rings is 2. The lowest BCUT2D eigenvalue weighted by Gasteiger charge is -2.36. The van der Waals surface area contributed by atoms with Gasteiger partial charge in [-0.1, -0.05) is 30.8 Å². The summed E-state index contributed by atoms with van der Waals surface area (Å²) in [5, 5.41) is 12.2. The molecule has 1 aliphatic rings. The van der Waals surface area contributed by atoms with Gasteiger partial charge in [0.25, 0.3) is 0 Å². The summed E-state index contributed by atoms with van der Waals surface area (Å²) in [4.78, 5) is 25.9. The number of hydrogen-bond donors (Lipinski definition) is 2. The van der Waals surface area contributed by atoms with Gasteiger partial charge in [0.2, 0.25) is 11.9 Å². The van der Waals surface area contributed by atoms with Gasteiger partial charge in [-0.3, -0.25) is 4.79 Å². The number of nitrogens with one attached hydrogen (secondary N) is 1. The van der Waals surface area contributed by atoms with Crippen LogP contribution in [0.15, 0.2) is 72.3 Å². The van der Waals surface area contributed by atoms with E-state index in [0.717, 1.165) is 66.6 Å². The third-order valence-electron chi connectivity index (χ3n) is 5.96. The molecule has 7 nitrogen and oxygen atoms in total. The Hall–Kier alpha value is -3.36. The molecule has 35 heavy (non-hydrogen) atoms. The molecule has 0 saturated carbocycles. The van der Waals surface area contributed by atoms with Crippen LogP contribution in [0.3, 0.4) is 0 Å². The fourth-order valence-electron chi connectivity index (χ4n) is 3.91. The summed E-state index contributed by atoms with van der Waals surface area (Å²) in [5.41, 5.74) is 4.80. The molecular weight excluding hydrogens is 458 g/mol. The van der Waals surface area contributed by atoms with Crippen LogP contribution < -0.4 is 5.32 Å². The molecule has 0 radical (unpaired) electrons. The van der Waals surface area contributed by atoms with Crippen molar-refractivity contribution in [3.63, 3.8) is 0 Å². The Morgan fingerprint density at radius 3 is 2.37 bits per heavy atom. The van der Waals surface area contributed by atoms with E-state index in [1.54, 1.807) is 24.9 Å². The molecule has 0 atom stereocenters. The predicted molar refractivity (Wildman–Crippen MR) is 142 cm³/mol. The maximum Gasteiger partial charge on any atom is 0.227 e. The molecule has 1 amide bonds. The summed E-state index contributed by atoms with van der Waals surface area (Å²) in [6.07, 6.45) is 2.55. The lowest BCUT2D eigenvalue weighted by Crippen LogP contribution is -2.47. The van der Waals surface area contributed by atoms with Crippen LogP contribution in [0.2, 0.25) is 0 Å². The number of piperazine rings is 1. The van der Waals surface area contributed by atoms with Gasteiger partial charge in [0.1, 0.15) is 0 Å². The molecular formula is C27H31N5O2S. The van der Waals surface area contributed by atoms with E-state index in [2.05, 4.69) is 51.0 Å². The number of rotatable bonds is 9. The van der Waals surface area contributed by atoms with Gasteiger partial charge in [-0.05, 0) is 42.3 Å². The largest absolute Gasteiger partial charge is 0.396 e. The molecule has 0 spiro atoms. The number of nitrogens with zero attached hydrogens (tertiary/aromatic N) is 4. The van der Waals surface area contributed by atoms with Gasteiger partial charge in [-0.15, -0.1) is 11.8 Å². The molecule has 8 heteroatoms. The number of aliphatic hydroxyl groups is 1. The lowest BCUT2D eigenvalue weighted by atomic mass is 10.1. The van der Waals surface area contributed by atoms with Crippen LogP contribution in [-0.2, 0) is 4.79 Å². The second-order valence-electron chi connectivity index (χ2n) is 8.36. The number of thioether (sulfide) groups is 1. The number of amides is 1. The van der Waals surface area contributed by atoms with Crippen molar-refractivity contribution in [2.75, 3.05) is 43.9 Å². The van der Waals surface area contributed by atoms with Crippen LogP contribution in [-0.4, -0.2) is 69.3 Å². The number of carbonyl (C=O) groups excluding carboxylic acids is 1. The van der Waals surface area contributed by atoms with Gasteiger partial charge in [0.15, 0.2) is 0 Å². The zero-order valence-electron chi connectivity index (χ0n) is 20.0. The molecule has 1 aromatic heterocycles. The summed E-state index contributed by atoms with van der Waals surface area (Å²) >= 11 is 1.74. The van der Waals surface area contributed by atoms with E-state index < -0.39 is 0 Å². The number of anilines is 2. The van der Waals surface area contributed by atoms with Crippen LogP contribution in [0, 0.1) is 0 Å². The van der Waals surface area contributed by atoms with Crippen molar-refractivity contribution < 1.29 is 9.90 Å². The Labute approximate surface area is 210 Å². The number of aliphatic hydroxyl groups excluding tert-OH is 1. The smallest absolute Gasteiger partial charge is 0.227 e. The molecule has 1 saturated heterocycles. The quantitative estimate of drug-likeness (QED) is 0.338. The number of aromatic nitrogens is 2. The monoisotopic (exact) mass is 489 g/mol. The van der Waals surface area contributed by atoms with Gasteiger partial charge in [-0.2, -0.15) is 0 Å². The molecule has 0 unspecified atom stereocenters. The first-order valence-corrected chi connectivity index (χ1v) is 12.8. The Morgan fingerprint density at radius 1 is 1.03 bits per heavy atom. The highest BCUT2D eigenvalue weighted by atomic mass is 32.2. The first-order chi connectivity index (χ1) is 17.0. The highest BCUT2D eigenvalue weighted by Gasteiger charge is 2.20. The SMILES string of the molecule is C=C(c1ccc(Nc2nccc(-c3ccc(SCCCO)cc3)n2)cc1)N1CCN(C(C)=O)CC1. The Balaban J connectivity index is 1.36. The van der Waals surface area contributed by atoms with Gasteiger partial charge in [0.05, 0.1) is 5.69 Å². The minimum atomic E-state index is 0.127. The van der Waals surface area contributed by atoms with Crippen molar-refractivity contribution in [1.29, 1.82) is 0 Å². The summed E-state index contributed by atoms with van der Waals surface area (Å²) in [7, 11) is 0. The third kappa shape index (κ3) is 6.61. The average molecular weight is 490 g/mol. The van der Waals surface area contributed by atoms with Gasteiger partial charge < -0.3 is 20.2 Å². The molecule has 3 aromatic rings. The first kappa shape index (κ1) is 24.8. The minimum Gasteiger partial charge on any atom is -0.396 e. The van der Waals surface area contributed by atoms with E-state index in [9.17, 15) is 4.79 Å². The molecule has 4 rings (SSSR count). The third-order valence-corrected chi connectivity index (χ3v) is 7.06. The maximum atomic E-state index is 11.6. The summed E-state index contributed by atoms with van der Waals surface area (Å²) in [6, 6.07) is 18.3. The van der Waals surface area contributed by atoms with Crippen LogP contribution >= 0.6 is 11.8 Å². The van der Waals surface area contributed by atoms with Crippen LogP contribution in [0.25, 0.3) is 17.0 Å². The average Bonchev–Trinajstić information content (AvgIpc) is 2.89. The molecule has 1 aliphatic heterocycles. The maximum absolute atomic E-state index is 11.6. The van der Waals surface area contributed by atoms with Crippen LogP contribution in [0.5, 0.6) is 0 Å². The van der Waals surface area contributed by atoms with Gasteiger partial charge >= 0.3 is 0 Å². The van der Waals surface area contributed by atoms with E-state index >= 15 is 0 Å². The van der Waals surface area contributed by atoms with Crippen LogP contribution in [0.4, 0.5) is 11.6 Å². The standard InChI is InChI=1S/C27H31N5O2S/c1-20(31-14-16-32(17-15-31)21(2)34)22-4-8-24(9-5-22)29-27-28-13-12-26(30-27)23-6-10-25(11-7-23)35-19-3-18-33/h4-13,33H,1,3,14-19H2,2H3,(H,28,29,30). The number of carbonyl (C=O) groups is 1. The zero-order valence-corrected chi connectivity index (χ0v) is 20.8. The van der Waals surface area contributed by atoms with E-state index in [4.69, 9.17) is 5.11 Å². The van der Waals surface area contributed by atoms with E-state index in [1.165, 1.54) is 4.90 Å². The molecule has 1 fully saturated rings. The topological polar surface area (TPSA) is 81.6 Å². The highest BCUT2D eigenvalue weighted by molar-refractivity contribution is 7.99. The van der Waals surface area contributed by atoms with E-state index in [-0.39, 0.29) is 12.5 Å². The molecule has 0 bridgehead atoms. The zero-order chi connectivity index (χ0) is 24.6. The fraction of sp³-hybridized carbons (Fsp3) is 0.296. The van der Waals surface area contributed by atoms with E-state index in [0.29, 0.717) is 5.95 Å². The van der Waals surface area contributed by atoms with Gasteiger partial charge in [0, 0.05) is 73.5 Å². The molecule has 182 valence electrons. The minimum absolute atomic E-state index is 0.127. The Bertz CT molecular complexity index is 1140. The Kier molecular flexibility index (Phi) is 8.39. The number of hydrogen-bond acceptors (Lipinski definition) is 7. The molecule has 2 heterocycles. The predicted octanol–water partition coefficient (Wildman–Crippen LogP) is 4.50. The normalized spacial score (nSPS) is 13.5. The highest BCUT2D eigenvalue weighted by Crippen LogP contribution is 2.25. The second kappa shape index (κ2) is 11.9. The van der Waals surface area contributed by atoms with Crippen molar-refractivity contribution in [2.45, 2.75) is 18.2 Å².